The van der Waals surface area contributed by atoms with Crippen molar-refractivity contribution >= 4 is 17.4 Å². The van der Waals surface area contributed by atoms with E-state index < -0.39 is 0 Å². The van der Waals surface area contributed by atoms with Crippen LogP contribution in [0.2, 0.25) is 0 Å². The van der Waals surface area contributed by atoms with Crippen molar-refractivity contribution in [3.63, 3.8) is 0 Å². The first-order chi connectivity index (χ1) is 12.6. The first-order valence-electron chi connectivity index (χ1n) is 9.17. The largest absolute Gasteiger partial charge is 0.375 e. The predicted octanol–water partition coefficient (Wildman–Crippen LogP) is 3.79. The van der Waals surface area contributed by atoms with E-state index in [0.717, 1.165) is 37.4 Å². The van der Waals surface area contributed by atoms with E-state index in [-0.39, 0.29) is 6.03 Å². The van der Waals surface area contributed by atoms with E-state index in [2.05, 4.69) is 58.7 Å². The lowest BCUT2D eigenvalue weighted by Crippen LogP contribution is -2.31. The molecule has 2 N–H and O–H groups in total. The van der Waals surface area contributed by atoms with Crippen LogP contribution in [-0.2, 0) is 6.54 Å². The van der Waals surface area contributed by atoms with Gasteiger partial charge in [-0.2, -0.15) is 0 Å². The lowest BCUT2D eigenvalue weighted by molar-refractivity contribution is 0.250. The second-order valence-corrected chi connectivity index (χ2v) is 6.52. The number of carbonyl (C=O) groups is 1. The first-order valence-corrected chi connectivity index (χ1v) is 9.17. The second-order valence-electron chi connectivity index (χ2n) is 6.52. The summed E-state index contributed by atoms with van der Waals surface area (Å²) in [5.74, 6) is 0. The van der Waals surface area contributed by atoms with E-state index >= 15 is 0 Å². The molecule has 5 heteroatoms. The standard InChI is InChI=1S/C21H30N4O/c1-4-25(3)20-13-8-12-19(16-20)23-21(26)22-14-9-15-24(2)17-18-10-6-5-7-11-18/h5-8,10-13,16H,4,9,14-15,17H2,1-3H3,(H2,22,23,26). The van der Waals surface area contributed by atoms with Gasteiger partial charge in [0.05, 0.1) is 0 Å². The zero-order valence-electron chi connectivity index (χ0n) is 16.0. The monoisotopic (exact) mass is 354 g/mol. The number of carbonyl (C=O) groups excluding carboxylic acids is 1. The first kappa shape index (κ1) is 19.8. The number of nitrogens with zero attached hydrogens (tertiary/aromatic N) is 2. The Labute approximate surface area is 157 Å². The Morgan fingerprint density at radius 1 is 1.04 bits per heavy atom. The third-order valence-electron chi connectivity index (χ3n) is 4.32. The van der Waals surface area contributed by atoms with E-state index in [1.54, 1.807) is 0 Å². The average molecular weight is 354 g/mol. The molecule has 0 heterocycles. The van der Waals surface area contributed by atoms with Gasteiger partial charge in [0.15, 0.2) is 0 Å². The number of hydrogen-bond donors (Lipinski definition) is 2. The molecule has 140 valence electrons. The van der Waals surface area contributed by atoms with Crippen LogP contribution in [0.5, 0.6) is 0 Å². The molecule has 0 aliphatic rings. The Kier molecular flexibility index (Phi) is 7.96. The molecule has 0 saturated carbocycles. The summed E-state index contributed by atoms with van der Waals surface area (Å²) < 4.78 is 0. The number of anilines is 2. The maximum Gasteiger partial charge on any atom is 0.319 e. The van der Waals surface area contributed by atoms with Gasteiger partial charge in [-0.05, 0) is 50.7 Å². The quantitative estimate of drug-likeness (QED) is 0.674. The smallest absolute Gasteiger partial charge is 0.319 e. The van der Waals surface area contributed by atoms with Gasteiger partial charge < -0.3 is 20.4 Å². The van der Waals surface area contributed by atoms with Crippen molar-refractivity contribution in [2.75, 3.05) is 43.9 Å². The van der Waals surface area contributed by atoms with Gasteiger partial charge in [-0.25, -0.2) is 4.79 Å². The van der Waals surface area contributed by atoms with Crippen molar-refractivity contribution in [3.8, 4) is 0 Å². The molecule has 0 aromatic heterocycles. The number of benzene rings is 2. The van der Waals surface area contributed by atoms with Gasteiger partial charge in [-0.3, -0.25) is 0 Å². The number of nitrogens with one attached hydrogen (secondary N) is 2. The van der Waals surface area contributed by atoms with Crippen LogP contribution in [0.4, 0.5) is 16.2 Å². The van der Waals surface area contributed by atoms with E-state index in [1.165, 1.54) is 5.56 Å². The van der Waals surface area contributed by atoms with Gasteiger partial charge in [0.25, 0.3) is 0 Å². The van der Waals surface area contributed by atoms with E-state index in [0.29, 0.717) is 6.54 Å². The Balaban J connectivity index is 1.67. The fourth-order valence-corrected chi connectivity index (χ4v) is 2.70. The van der Waals surface area contributed by atoms with Crippen molar-refractivity contribution < 1.29 is 4.79 Å². The van der Waals surface area contributed by atoms with Crippen molar-refractivity contribution in [2.24, 2.45) is 0 Å². The molecule has 26 heavy (non-hydrogen) atoms. The molecule has 0 unspecified atom stereocenters. The Bertz CT molecular complexity index is 675. The zero-order valence-corrected chi connectivity index (χ0v) is 16.0. The van der Waals surface area contributed by atoms with Gasteiger partial charge in [-0.15, -0.1) is 0 Å². The topological polar surface area (TPSA) is 47.6 Å². The summed E-state index contributed by atoms with van der Waals surface area (Å²) >= 11 is 0. The summed E-state index contributed by atoms with van der Waals surface area (Å²) in [4.78, 5) is 16.4. The van der Waals surface area contributed by atoms with Crippen LogP contribution >= 0.6 is 0 Å². The molecule has 0 bridgehead atoms. The highest BCUT2D eigenvalue weighted by atomic mass is 16.2. The molecular formula is C21H30N4O. The average Bonchev–Trinajstić information content (AvgIpc) is 2.65. The van der Waals surface area contributed by atoms with Crippen LogP contribution in [0.1, 0.15) is 18.9 Å². The highest BCUT2D eigenvalue weighted by Gasteiger charge is 2.05. The van der Waals surface area contributed by atoms with Gasteiger partial charge >= 0.3 is 6.03 Å². The Morgan fingerprint density at radius 3 is 2.54 bits per heavy atom. The minimum Gasteiger partial charge on any atom is -0.375 e. The molecule has 0 saturated heterocycles. The molecule has 2 rings (SSSR count). The molecular weight excluding hydrogens is 324 g/mol. The molecule has 0 radical (unpaired) electrons. The summed E-state index contributed by atoms with van der Waals surface area (Å²) in [7, 11) is 4.13. The van der Waals surface area contributed by atoms with Crippen LogP contribution in [-0.4, -0.2) is 44.7 Å². The van der Waals surface area contributed by atoms with E-state index in [1.807, 2.05) is 37.4 Å². The molecule has 0 spiro atoms. The third kappa shape index (κ3) is 6.76. The van der Waals surface area contributed by atoms with Gasteiger partial charge in [0.1, 0.15) is 0 Å². The number of hydrogen-bond acceptors (Lipinski definition) is 3. The molecule has 0 aliphatic carbocycles. The second kappa shape index (κ2) is 10.5. The summed E-state index contributed by atoms with van der Waals surface area (Å²) in [6.07, 6.45) is 0.912. The fraction of sp³-hybridized carbons (Fsp3) is 0.381. The summed E-state index contributed by atoms with van der Waals surface area (Å²) in [5.41, 5.74) is 3.20. The van der Waals surface area contributed by atoms with Crippen molar-refractivity contribution in [1.82, 2.24) is 10.2 Å². The van der Waals surface area contributed by atoms with Gasteiger partial charge in [0, 0.05) is 38.1 Å². The summed E-state index contributed by atoms with van der Waals surface area (Å²) in [6.45, 7) is 5.53. The molecule has 5 nitrogen and oxygen atoms in total. The molecule has 0 fully saturated rings. The van der Waals surface area contributed by atoms with Crippen molar-refractivity contribution in [1.29, 1.82) is 0 Å². The molecule has 0 aliphatic heterocycles. The van der Waals surface area contributed by atoms with Crippen molar-refractivity contribution in [3.05, 3.63) is 60.2 Å². The summed E-state index contributed by atoms with van der Waals surface area (Å²) in [6, 6.07) is 18.1. The lowest BCUT2D eigenvalue weighted by Gasteiger charge is -2.18. The van der Waals surface area contributed by atoms with Crippen LogP contribution in [0, 0.1) is 0 Å². The highest BCUT2D eigenvalue weighted by molar-refractivity contribution is 5.89. The fourth-order valence-electron chi connectivity index (χ4n) is 2.70. The SMILES string of the molecule is CCN(C)c1cccc(NC(=O)NCCCN(C)Cc2ccccc2)c1. The number of amides is 2. The normalized spacial score (nSPS) is 10.6. The number of urea groups is 1. The van der Waals surface area contributed by atoms with E-state index in [4.69, 9.17) is 0 Å². The summed E-state index contributed by atoms with van der Waals surface area (Å²) in [5, 5.41) is 5.82. The van der Waals surface area contributed by atoms with Gasteiger partial charge in [-0.1, -0.05) is 36.4 Å². The molecule has 2 amide bonds. The maximum atomic E-state index is 12.0. The molecule has 0 atom stereocenters. The van der Waals surface area contributed by atoms with E-state index in [9.17, 15) is 4.79 Å². The Hall–Kier alpha value is -2.53. The maximum absolute atomic E-state index is 12.0. The lowest BCUT2D eigenvalue weighted by atomic mass is 10.2. The molecule has 2 aromatic rings. The zero-order chi connectivity index (χ0) is 18.8. The van der Waals surface area contributed by atoms with Crippen molar-refractivity contribution in [2.45, 2.75) is 19.9 Å². The minimum atomic E-state index is -0.160. The van der Waals surface area contributed by atoms with Crippen LogP contribution in [0.15, 0.2) is 54.6 Å². The predicted molar refractivity (Wildman–Crippen MR) is 110 cm³/mol. The number of rotatable bonds is 9. The van der Waals surface area contributed by atoms with Crippen LogP contribution in [0.25, 0.3) is 0 Å². The minimum absolute atomic E-state index is 0.160. The van der Waals surface area contributed by atoms with Crippen LogP contribution in [0.3, 0.4) is 0 Å². The van der Waals surface area contributed by atoms with Crippen LogP contribution < -0.4 is 15.5 Å². The third-order valence-corrected chi connectivity index (χ3v) is 4.32. The molecule has 2 aromatic carbocycles. The Morgan fingerprint density at radius 2 is 1.81 bits per heavy atom. The highest BCUT2D eigenvalue weighted by Crippen LogP contribution is 2.17. The van der Waals surface area contributed by atoms with Gasteiger partial charge in [0.2, 0.25) is 0 Å².